The van der Waals surface area contributed by atoms with Crippen molar-refractivity contribution in [2.24, 2.45) is 11.8 Å². The summed E-state index contributed by atoms with van der Waals surface area (Å²) < 4.78 is 0. The second-order valence-corrected chi connectivity index (χ2v) is 6.56. The molecule has 0 spiro atoms. The molecular weight excluding hydrogens is 204 g/mol. The SMILES string of the molecule is C1CCCCC(C2CCCCCC2)CCCC1. The minimum Gasteiger partial charge on any atom is -0.0533 e. The summed E-state index contributed by atoms with van der Waals surface area (Å²) in [5, 5.41) is 0. The number of rotatable bonds is 1. The quantitative estimate of drug-likeness (QED) is 0.483. The van der Waals surface area contributed by atoms with E-state index in [9.17, 15) is 0 Å². The van der Waals surface area contributed by atoms with Crippen LogP contribution in [0.4, 0.5) is 0 Å². The van der Waals surface area contributed by atoms with E-state index in [0.717, 1.165) is 11.8 Å². The fourth-order valence-corrected chi connectivity index (χ4v) is 4.10. The van der Waals surface area contributed by atoms with Crippen LogP contribution in [0.2, 0.25) is 0 Å². The maximum absolute atomic E-state index is 1.56. The van der Waals surface area contributed by atoms with E-state index in [-0.39, 0.29) is 0 Å². The first-order valence-electron chi connectivity index (χ1n) is 8.47. The molecule has 0 aliphatic heterocycles. The first-order chi connectivity index (χ1) is 8.47. The summed E-state index contributed by atoms with van der Waals surface area (Å²) in [5.74, 6) is 2.21. The molecule has 100 valence electrons. The van der Waals surface area contributed by atoms with Gasteiger partial charge in [0.1, 0.15) is 0 Å². The van der Waals surface area contributed by atoms with Crippen LogP contribution in [0, 0.1) is 11.8 Å². The van der Waals surface area contributed by atoms with Crippen molar-refractivity contribution in [3.63, 3.8) is 0 Å². The molecule has 0 aromatic carbocycles. The average Bonchev–Trinajstić information content (AvgIpc) is 2.64. The predicted octanol–water partition coefficient (Wildman–Crippen LogP) is 6.10. The van der Waals surface area contributed by atoms with Crippen molar-refractivity contribution in [1.82, 2.24) is 0 Å². The van der Waals surface area contributed by atoms with E-state index >= 15 is 0 Å². The Kier molecular flexibility index (Phi) is 6.45. The summed E-state index contributed by atoms with van der Waals surface area (Å²) in [6.45, 7) is 0. The minimum absolute atomic E-state index is 1.10. The molecular formula is C17H32. The Bertz CT molecular complexity index is 166. The van der Waals surface area contributed by atoms with Crippen molar-refractivity contribution >= 4 is 0 Å². The van der Waals surface area contributed by atoms with Gasteiger partial charge in [0, 0.05) is 0 Å². The van der Waals surface area contributed by atoms with Gasteiger partial charge in [0.2, 0.25) is 0 Å². The molecule has 0 N–H and O–H groups in total. The maximum atomic E-state index is 1.56. The molecule has 0 heterocycles. The van der Waals surface area contributed by atoms with Gasteiger partial charge in [0.05, 0.1) is 0 Å². The molecule has 0 amide bonds. The lowest BCUT2D eigenvalue weighted by atomic mass is 9.79. The van der Waals surface area contributed by atoms with Crippen molar-refractivity contribution in [2.45, 2.75) is 96.3 Å². The van der Waals surface area contributed by atoms with Gasteiger partial charge in [-0.3, -0.25) is 0 Å². The third kappa shape index (κ3) is 5.02. The monoisotopic (exact) mass is 236 g/mol. The van der Waals surface area contributed by atoms with Crippen molar-refractivity contribution in [2.75, 3.05) is 0 Å². The zero-order valence-electron chi connectivity index (χ0n) is 11.8. The Morgan fingerprint density at radius 3 is 0.824 bits per heavy atom. The van der Waals surface area contributed by atoms with E-state index < -0.39 is 0 Å². The van der Waals surface area contributed by atoms with E-state index in [4.69, 9.17) is 0 Å². The molecule has 0 bridgehead atoms. The van der Waals surface area contributed by atoms with Gasteiger partial charge < -0.3 is 0 Å². The number of hydrogen-bond acceptors (Lipinski definition) is 0. The summed E-state index contributed by atoms with van der Waals surface area (Å²) >= 11 is 0. The zero-order valence-corrected chi connectivity index (χ0v) is 11.8. The van der Waals surface area contributed by atoms with Crippen LogP contribution in [0.15, 0.2) is 0 Å². The lowest BCUT2D eigenvalue weighted by Gasteiger charge is -2.27. The van der Waals surface area contributed by atoms with Crippen LogP contribution in [0.25, 0.3) is 0 Å². The third-order valence-electron chi connectivity index (χ3n) is 5.22. The zero-order chi connectivity index (χ0) is 11.8. The first kappa shape index (κ1) is 13.4. The van der Waals surface area contributed by atoms with Crippen LogP contribution in [-0.2, 0) is 0 Å². The molecule has 0 atom stereocenters. The van der Waals surface area contributed by atoms with E-state index in [0.29, 0.717) is 0 Å². The molecule has 0 aromatic heterocycles. The highest BCUT2D eigenvalue weighted by atomic mass is 14.3. The minimum atomic E-state index is 1.10. The second-order valence-electron chi connectivity index (χ2n) is 6.56. The van der Waals surface area contributed by atoms with Crippen LogP contribution in [0.5, 0.6) is 0 Å². The predicted molar refractivity (Wildman–Crippen MR) is 76.2 cm³/mol. The molecule has 0 aromatic rings. The standard InChI is InChI=1S/C17H32/c1-2-4-8-12-16(13-9-5-3-1)17-14-10-6-7-11-15-17/h16-17H,1-15H2. The van der Waals surface area contributed by atoms with Gasteiger partial charge in [-0.25, -0.2) is 0 Å². The summed E-state index contributed by atoms with van der Waals surface area (Å²) in [5.41, 5.74) is 0. The Labute approximate surface area is 109 Å². The van der Waals surface area contributed by atoms with E-state index in [1.54, 1.807) is 25.7 Å². The fourth-order valence-electron chi connectivity index (χ4n) is 4.10. The van der Waals surface area contributed by atoms with Gasteiger partial charge in [-0.15, -0.1) is 0 Å². The molecule has 17 heavy (non-hydrogen) atoms. The topological polar surface area (TPSA) is 0 Å². The highest BCUT2D eigenvalue weighted by Crippen LogP contribution is 2.35. The normalized spacial score (nSPS) is 27.5. The average molecular weight is 236 g/mol. The van der Waals surface area contributed by atoms with Crippen molar-refractivity contribution in [1.29, 1.82) is 0 Å². The Balaban J connectivity index is 1.81. The van der Waals surface area contributed by atoms with E-state index in [1.807, 2.05) is 0 Å². The molecule has 2 aliphatic carbocycles. The van der Waals surface area contributed by atoms with Crippen LogP contribution in [0.3, 0.4) is 0 Å². The van der Waals surface area contributed by atoms with Crippen molar-refractivity contribution in [3.05, 3.63) is 0 Å². The largest absolute Gasteiger partial charge is 0.0533 e. The van der Waals surface area contributed by atoms with Crippen molar-refractivity contribution < 1.29 is 0 Å². The Morgan fingerprint density at radius 2 is 0.529 bits per heavy atom. The van der Waals surface area contributed by atoms with Gasteiger partial charge >= 0.3 is 0 Å². The van der Waals surface area contributed by atoms with Gasteiger partial charge in [-0.1, -0.05) is 96.3 Å². The van der Waals surface area contributed by atoms with Crippen LogP contribution in [0.1, 0.15) is 96.3 Å². The first-order valence-corrected chi connectivity index (χ1v) is 8.47. The maximum Gasteiger partial charge on any atom is -0.0386 e. The van der Waals surface area contributed by atoms with E-state index in [1.165, 1.54) is 70.6 Å². The van der Waals surface area contributed by atoms with Crippen LogP contribution >= 0.6 is 0 Å². The van der Waals surface area contributed by atoms with E-state index in [2.05, 4.69) is 0 Å². The van der Waals surface area contributed by atoms with Gasteiger partial charge in [0.15, 0.2) is 0 Å². The van der Waals surface area contributed by atoms with Crippen LogP contribution < -0.4 is 0 Å². The van der Waals surface area contributed by atoms with Crippen LogP contribution in [-0.4, -0.2) is 0 Å². The summed E-state index contributed by atoms with van der Waals surface area (Å²) in [4.78, 5) is 0. The summed E-state index contributed by atoms with van der Waals surface area (Å²) in [7, 11) is 0. The molecule has 0 nitrogen and oxygen atoms in total. The lowest BCUT2D eigenvalue weighted by molar-refractivity contribution is 0.247. The highest BCUT2D eigenvalue weighted by Gasteiger charge is 2.22. The summed E-state index contributed by atoms with van der Waals surface area (Å²) in [6, 6.07) is 0. The molecule has 2 saturated carbocycles. The molecule has 0 saturated heterocycles. The molecule has 2 fully saturated rings. The molecule has 0 heteroatoms. The molecule has 2 rings (SSSR count). The smallest absolute Gasteiger partial charge is 0.0386 e. The Morgan fingerprint density at radius 1 is 0.294 bits per heavy atom. The highest BCUT2D eigenvalue weighted by molar-refractivity contribution is 4.74. The molecule has 0 radical (unpaired) electrons. The fraction of sp³-hybridized carbons (Fsp3) is 1.00. The van der Waals surface area contributed by atoms with Gasteiger partial charge in [-0.2, -0.15) is 0 Å². The lowest BCUT2D eigenvalue weighted by Crippen LogP contribution is -2.15. The van der Waals surface area contributed by atoms with Crippen molar-refractivity contribution in [3.8, 4) is 0 Å². The van der Waals surface area contributed by atoms with Gasteiger partial charge in [-0.05, 0) is 11.8 Å². The molecule has 2 aliphatic rings. The van der Waals surface area contributed by atoms with Gasteiger partial charge in [0.25, 0.3) is 0 Å². The second kappa shape index (κ2) is 8.16. The molecule has 0 unspecified atom stereocenters. The Hall–Kier alpha value is 0. The number of hydrogen-bond donors (Lipinski definition) is 0. The third-order valence-corrected chi connectivity index (χ3v) is 5.22. The summed E-state index contributed by atoms with van der Waals surface area (Å²) in [6.07, 6.45) is 23.0.